The number of carbonyl (C=O) groups is 2. The molecule has 0 bridgehead atoms. The zero-order valence-electron chi connectivity index (χ0n) is 23.1. The third kappa shape index (κ3) is 8.11. The van der Waals surface area contributed by atoms with Crippen molar-refractivity contribution in [1.29, 1.82) is 0 Å². The summed E-state index contributed by atoms with van der Waals surface area (Å²) >= 11 is 0. The Morgan fingerprint density at radius 1 is 1.05 bits per heavy atom. The van der Waals surface area contributed by atoms with Gasteiger partial charge < -0.3 is 19.7 Å². The molecule has 1 heterocycles. The van der Waals surface area contributed by atoms with Gasteiger partial charge in [-0.05, 0) is 58.7 Å². The fourth-order valence-corrected chi connectivity index (χ4v) is 5.21. The third-order valence-corrected chi connectivity index (χ3v) is 7.26. The molecule has 0 saturated carbocycles. The van der Waals surface area contributed by atoms with Crippen molar-refractivity contribution in [2.75, 3.05) is 30.3 Å². The monoisotopic (exact) mass is 545 g/mol. The minimum atomic E-state index is -3.62. The second-order valence-electron chi connectivity index (χ2n) is 10.7. The number of nitrogens with zero attached hydrogens (tertiary/aromatic N) is 2. The van der Waals surface area contributed by atoms with Gasteiger partial charge in [0.15, 0.2) is 11.5 Å². The number of fused-ring (bicyclic) bond motifs is 1. The van der Waals surface area contributed by atoms with Gasteiger partial charge in [-0.1, -0.05) is 29.8 Å². The third-order valence-electron chi connectivity index (χ3n) is 6.07. The van der Waals surface area contributed by atoms with Crippen LogP contribution >= 0.6 is 0 Å². The number of ether oxygens (including phenoxy) is 2. The first-order chi connectivity index (χ1) is 17.7. The van der Waals surface area contributed by atoms with E-state index in [1.54, 1.807) is 30.0 Å². The molecule has 1 atom stereocenters. The molecule has 0 spiro atoms. The lowest BCUT2D eigenvalue weighted by molar-refractivity contribution is -0.141. The van der Waals surface area contributed by atoms with E-state index in [-0.39, 0.29) is 37.7 Å². The van der Waals surface area contributed by atoms with Gasteiger partial charge in [0.2, 0.25) is 21.8 Å². The van der Waals surface area contributed by atoms with Gasteiger partial charge in [-0.25, -0.2) is 8.42 Å². The van der Waals surface area contributed by atoms with E-state index in [4.69, 9.17) is 9.47 Å². The van der Waals surface area contributed by atoms with E-state index >= 15 is 0 Å². The van der Waals surface area contributed by atoms with Crippen molar-refractivity contribution in [3.8, 4) is 11.5 Å². The molecule has 0 saturated heterocycles. The van der Waals surface area contributed by atoms with Crippen LogP contribution in [0.1, 0.15) is 51.7 Å². The van der Waals surface area contributed by atoms with Crippen LogP contribution in [0.5, 0.6) is 11.5 Å². The number of benzene rings is 2. The van der Waals surface area contributed by atoms with Crippen LogP contribution in [0.3, 0.4) is 0 Å². The minimum Gasteiger partial charge on any atom is -0.486 e. The molecule has 1 aliphatic heterocycles. The zero-order valence-corrected chi connectivity index (χ0v) is 23.9. The summed E-state index contributed by atoms with van der Waals surface area (Å²) in [6, 6.07) is 12.1. The fourth-order valence-electron chi connectivity index (χ4n) is 4.25. The highest BCUT2D eigenvalue weighted by atomic mass is 32.2. The van der Waals surface area contributed by atoms with Crippen LogP contribution in [-0.4, -0.2) is 62.7 Å². The van der Waals surface area contributed by atoms with Crippen LogP contribution in [-0.2, 0) is 26.2 Å². The molecule has 0 aliphatic carbocycles. The first-order valence-corrected chi connectivity index (χ1v) is 14.6. The second kappa shape index (κ2) is 12.1. The summed E-state index contributed by atoms with van der Waals surface area (Å²) in [6.07, 6.45) is 1.49. The van der Waals surface area contributed by atoms with Gasteiger partial charge in [0, 0.05) is 31.1 Å². The van der Waals surface area contributed by atoms with E-state index in [0.29, 0.717) is 30.4 Å². The molecule has 0 radical (unpaired) electrons. The van der Waals surface area contributed by atoms with Gasteiger partial charge in [0.1, 0.15) is 19.3 Å². The lowest BCUT2D eigenvalue weighted by Gasteiger charge is -2.32. The minimum absolute atomic E-state index is 0.0789. The van der Waals surface area contributed by atoms with E-state index in [1.165, 1.54) is 4.31 Å². The topological polar surface area (TPSA) is 105 Å². The summed E-state index contributed by atoms with van der Waals surface area (Å²) in [5, 5.41) is 2.95. The highest BCUT2D eigenvalue weighted by molar-refractivity contribution is 7.92. The van der Waals surface area contributed by atoms with E-state index < -0.39 is 21.6 Å². The standard InChI is InChI=1S/C28H39N3O6S/c1-20-9-7-10-22(17-20)19-30(21(2)27(33)29-28(3,4)5)26(32)11-8-14-31(38(6,34)35)23-12-13-24-25(18-23)37-16-15-36-24/h7,9-10,12-13,17-18,21H,8,11,14-16,19H2,1-6H3,(H,29,33)/t21-/m1/s1. The normalized spacial score (nSPS) is 13.9. The average Bonchev–Trinajstić information content (AvgIpc) is 2.82. The van der Waals surface area contributed by atoms with Crippen molar-refractivity contribution in [2.45, 2.75) is 65.6 Å². The number of sulfonamides is 1. The smallest absolute Gasteiger partial charge is 0.242 e. The van der Waals surface area contributed by atoms with Crippen molar-refractivity contribution in [2.24, 2.45) is 0 Å². The summed E-state index contributed by atoms with van der Waals surface area (Å²) in [5.41, 5.74) is 1.98. The van der Waals surface area contributed by atoms with Gasteiger partial charge in [-0.2, -0.15) is 0 Å². The SMILES string of the molecule is Cc1cccc(CN(C(=O)CCCN(c2ccc3c(c2)OCCO3)S(C)(=O)=O)[C@H](C)C(=O)NC(C)(C)C)c1. The van der Waals surface area contributed by atoms with Gasteiger partial charge in [0.05, 0.1) is 11.9 Å². The second-order valence-corrected chi connectivity index (χ2v) is 12.6. The lowest BCUT2D eigenvalue weighted by atomic mass is 10.1. The van der Waals surface area contributed by atoms with Crippen molar-refractivity contribution in [3.63, 3.8) is 0 Å². The van der Waals surface area contributed by atoms with E-state index in [1.807, 2.05) is 52.0 Å². The van der Waals surface area contributed by atoms with Crippen molar-refractivity contribution in [3.05, 3.63) is 53.6 Å². The molecule has 1 N–H and O–H groups in total. The van der Waals surface area contributed by atoms with Crippen LogP contribution in [0.15, 0.2) is 42.5 Å². The molecule has 3 rings (SSSR count). The van der Waals surface area contributed by atoms with Crippen LogP contribution in [0, 0.1) is 6.92 Å². The average molecular weight is 546 g/mol. The Morgan fingerprint density at radius 2 is 1.74 bits per heavy atom. The van der Waals surface area contributed by atoms with E-state index in [9.17, 15) is 18.0 Å². The maximum atomic E-state index is 13.4. The highest BCUT2D eigenvalue weighted by Crippen LogP contribution is 2.34. The van der Waals surface area contributed by atoms with Crippen LogP contribution in [0.4, 0.5) is 5.69 Å². The van der Waals surface area contributed by atoms with Crippen molar-refractivity contribution >= 4 is 27.5 Å². The molecule has 9 nitrogen and oxygen atoms in total. The molecule has 10 heteroatoms. The lowest BCUT2D eigenvalue weighted by Crippen LogP contribution is -2.52. The largest absolute Gasteiger partial charge is 0.486 e. The van der Waals surface area contributed by atoms with Crippen molar-refractivity contribution in [1.82, 2.24) is 10.2 Å². The Kier molecular flexibility index (Phi) is 9.30. The van der Waals surface area contributed by atoms with Crippen LogP contribution in [0.25, 0.3) is 0 Å². The maximum absolute atomic E-state index is 13.4. The molecule has 2 aromatic carbocycles. The molecule has 38 heavy (non-hydrogen) atoms. The van der Waals surface area contributed by atoms with Crippen LogP contribution in [0.2, 0.25) is 0 Å². The van der Waals surface area contributed by atoms with Gasteiger partial charge in [-0.3, -0.25) is 13.9 Å². The van der Waals surface area contributed by atoms with Gasteiger partial charge in [0.25, 0.3) is 0 Å². The molecule has 0 aromatic heterocycles. The summed E-state index contributed by atoms with van der Waals surface area (Å²) < 4.78 is 37.6. The number of aryl methyl sites for hydroxylation is 1. The highest BCUT2D eigenvalue weighted by Gasteiger charge is 2.29. The number of anilines is 1. The number of hydrogen-bond donors (Lipinski definition) is 1. The summed E-state index contributed by atoms with van der Waals surface area (Å²) in [5.74, 6) is 0.589. The van der Waals surface area contributed by atoms with Gasteiger partial charge >= 0.3 is 0 Å². The Labute approximate surface area is 226 Å². The summed E-state index contributed by atoms with van der Waals surface area (Å²) in [6.45, 7) is 10.6. The maximum Gasteiger partial charge on any atom is 0.242 e. The molecular formula is C28H39N3O6S. The first kappa shape index (κ1) is 29.3. The number of amides is 2. The number of nitrogens with one attached hydrogen (secondary N) is 1. The Morgan fingerprint density at radius 3 is 2.37 bits per heavy atom. The molecule has 2 aromatic rings. The van der Waals surface area contributed by atoms with Crippen LogP contribution < -0.4 is 19.1 Å². The molecule has 208 valence electrons. The van der Waals surface area contributed by atoms with Crippen molar-refractivity contribution < 1.29 is 27.5 Å². The molecule has 1 aliphatic rings. The summed E-state index contributed by atoms with van der Waals surface area (Å²) in [4.78, 5) is 28.0. The Hall–Kier alpha value is -3.27. The quantitative estimate of drug-likeness (QED) is 0.489. The molecule has 0 fully saturated rings. The predicted molar refractivity (Wildman–Crippen MR) is 148 cm³/mol. The van der Waals surface area contributed by atoms with Gasteiger partial charge in [-0.15, -0.1) is 0 Å². The Balaban J connectivity index is 1.75. The summed E-state index contributed by atoms with van der Waals surface area (Å²) in [7, 11) is -3.62. The Bertz CT molecular complexity index is 1260. The number of carbonyl (C=O) groups excluding carboxylic acids is 2. The molecular weight excluding hydrogens is 506 g/mol. The number of hydrogen-bond acceptors (Lipinski definition) is 6. The number of rotatable bonds is 10. The molecule has 2 amide bonds. The molecule has 0 unspecified atom stereocenters. The van der Waals surface area contributed by atoms with E-state index in [2.05, 4.69) is 5.32 Å². The first-order valence-electron chi connectivity index (χ1n) is 12.8. The predicted octanol–water partition coefficient (Wildman–Crippen LogP) is 3.64. The zero-order chi connectivity index (χ0) is 28.1. The van der Waals surface area contributed by atoms with E-state index in [0.717, 1.165) is 17.4 Å². The fraction of sp³-hybridized carbons (Fsp3) is 0.500.